The molecule has 0 atom stereocenters. The molecule has 8 heteroatoms. The van der Waals surface area contributed by atoms with Gasteiger partial charge < -0.3 is 24.8 Å². The summed E-state index contributed by atoms with van der Waals surface area (Å²) in [6.45, 7) is 3.07. The third-order valence-corrected chi connectivity index (χ3v) is 3.14. The molecule has 0 aliphatic carbocycles. The Labute approximate surface area is 140 Å². The van der Waals surface area contributed by atoms with Crippen molar-refractivity contribution in [3.8, 4) is 11.5 Å². The second kappa shape index (κ2) is 8.76. The number of carboxylic acids is 1. The third-order valence-electron chi connectivity index (χ3n) is 3.14. The smallest absolute Gasteiger partial charge is 0.323 e. The van der Waals surface area contributed by atoms with Crippen LogP contribution in [0.25, 0.3) is 0 Å². The van der Waals surface area contributed by atoms with E-state index in [-0.39, 0.29) is 28.7 Å². The number of hydrogen-bond donors (Lipinski definition) is 2. The number of hydrogen-bond acceptors (Lipinski definition) is 5. The van der Waals surface area contributed by atoms with E-state index in [2.05, 4.69) is 5.32 Å². The Kier molecular flexibility index (Phi) is 7.03. The minimum Gasteiger partial charge on any atom is -0.493 e. The molecule has 0 saturated heterocycles. The maximum absolute atomic E-state index is 12.6. The number of carbonyl (C=O) groups is 3. The number of anilines is 1. The van der Waals surface area contributed by atoms with Crippen LogP contribution in [0.1, 0.15) is 30.6 Å². The first-order valence-electron chi connectivity index (χ1n) is 7.38. The van der Waals surface area contributed by atoms with Crippen molar-refractivity contribution in [3.05, 3.63) is 17.7 Å². The lowest BCUT2D eigenvalue weighted by molar-refractivity contribution is -0.137. The molecule has 1 rings (SSSR count). The maximum Gasteiger partial charge on any atom is 0.323 e. The first-order valence-corrected chi connectivity index (χ1v) is 7.38. The lowest BCUT2D eigenvalue weighted by Gasteiger charge is -2.21. The molecule has 2 N–H and O–H groups in total. The summed E-state index contributed by atoms with van der Waals surface area (Å²) < 4.78 is 10.4. The number of methoxy groups -OCH3 is 2. The van der Waals surface area contributed by atoms with Crippen molar-refractivity contribution >= 4 is 23.5 Å². The van der Waals surface area contributed by atoms with Crippen LogP contribution >= 0.6 is 0 Å². The lowest BCUT2D eigenvalue weighted by Crippen LogP contribution is -2.36. The minimum atomic E-state index is -1.10. The molecule has 0 aromatic heterocycles. The van der Waals surface area contributed by atoms with Gasteiger partial charge in [-0.05, 0) is 18.6 Å². The molecule has 1 aromatic rings. The molecule has 0 bridgehead atoms. The van der Waals surface area contributed by atoms with Crippen LogP contribution in [-0.4, -0.2) is 55.1 Å². The molecule has 1 aromatic carbocycles. The highest BCUT2D eigenvalue weighted by Gasteiger charge is 2.22. The molecule has 132 valence electrons. The largest absolute Gasteiger partial charge is 0.493 e. The van der Waals surface area contributed by atoms with Crippen LogP contribution in [0.2, 0.25) is 0 Å². The third kappa shape index (κ3) is 4.87. The number of rotatable bonds is 8. The van der Waals surface area contributed by atoms with E-state index in [0.717, 1.165) is 0 Å². The Hall–Kier alpha value is -2.77. The van der Waals surface area contributed by atoms with Crippen molar-refractivity contribution in [2.24, 2.45) is 0 Å². The molecule has 2 amide bonds. The zero-order valence-corrected chi connectivity index (χ0v) is 14.2. The first-order chi connectivity index (χ1) is 11.3. The van der Waals surface area contributed by atoms with E-state index in [1.54, 1.807) is 0 Å². The number of benzene rings is 1. The van der Waals surface area contributed by atoms with E-state index in [4.69, 9.17) is 14.6 Å². The normalized spacial score (nSPS) is 10.0. The predicted octanol–water partition coefficient (Wildman–Crippen LogP) is 1.60. The van der Waals surface area contributed by atoms with Gasteiger partial charge in [-0.25, -0.2) is 0 Å². The van der Waals surface area contributed by atoms with Crippen LogP contribution in [0.15, 0.2) is 12.1 Å². The number of amides is 2. The van der Waals surface area contributed by atoms with Crippen LogP contribution in [0.3, 0.4) is 0 Å². The Bertz CT molecular complexity index is 629. The first kappa shape index (κ1) is 19.3. The summed E-state index contributed by atoms with van der Waals surface area (Å²) in [7, 11) is 2.82. The Morgan fingerprint density at radius 3 is 2.33 bits per heavy atom. The molecule has 0 fully saturated rings. The van der Waals surface area contributed by atoms with Gasteiger partial charge in [0, 0.05) is 19.0 Å². The number of nitrogens with zero attached hydrogens (tertiary/aromatic N) is 1. The van der Waals surface area contributed by atoms with Crippen LogP contribution in [0.5, 0.6) is 11.5 Å². The number of nitrogens with one attached hydrogen (secondary N) is 1. The Morgan fingerprint density at radius 1 is 1.21 bits per heavy atom. The second-order valence-electron chi connectivity index (χ2n) is 5.06. The van der Waals surface area contributed by atoms with E-state index < -0.39 is 18.4 Å². The molecule has 0 saturated carbocycles. The predicted molar refractivity (Wildman–Crippen MR) is 87.7 cm³/mol. The van der Waals surface area contributed by atoms with Crippen molar-refractivity contribution in [3.63, 3.8) is 0 Å². The summed E-state index contributed by atoms with van der Waals surface area (Å²) in [5.74, 6) is -1.36. The zero-order valence-electron chi connectivity index (χ0n) is 14.2. The number of ether oxygens (including phenoxy) is 2. The van der Waals surface area contributed by atoms with Gasteiger partial charge in [0.05, 0.1) is 19.9 Å². The van der Waals surface area contributed by atoms with Crippen LogP contribution in [-0.2, 0) is 9.59 Å². The molecular weight excluding hydrogens is 316 g/mol. The monoisotopic (exact) mass is 338 g/mol. The van der Waals surface area contributed by atoms with Gasteiger partial charge in [-0.2, -0.15) is 0 Å². The summed E-state index contributed by atoms with van der Waals surface area (Å²) in [5, 5.41) is 11.5. The minimum absolute atomic E-state index is 0.200. The van der Waals surface area contributed by atoms with Gasteiger partial charge in [0.1, 0.15) is 6.54 Å². The van der Waals surface area contributed by atoms with Crippen molar-refractivity contribution in [2.45, 2.75) is 20.3 Å². The average Bonchev–Trinajstić information content (AvgIpc) is 2.51. The molecule has 8 nitrogen and oxygen atoms in total. The van der Waals surface area contributed by atoms with E-state index in [9.17, 15) is 14.4 Å². The highest BCUT2D eigenvalue weighted by Crippen LogP contribution is 2.37. The lowest BCUT2D eigenvalue weighted by atomic mass is 10.1. The van der Waals surface area contributed by atoms with E-state index in [1.165, 1.54) is 38.2 Å². The topological polar surface area (TPSA) is 105 Å². The van der Waals surface area contributed by atoms with Gasteiger partial charge in [0.15, 0.2) is 11.5 Å². The summed E-state index contributed by atoms with van der Waals surface area (Å²) in [5.41, 5.74) is 0.477. The second-order valence-corrected chi connectivity index (χ2v) is 5.06. The standard InChI is InChI=1S/C16H22N2O6/c1-5-6-18(9-14(20)21)16(22)11-7-12(17-10(2)19)15(24-4)13(8-11)23-3/h7-8H,5-6,9H2,1-4H3,(H,17,19)(H,20,21). The molecular formula is C16H22N2O6. The van der Waals surface area contributed by atoms with Gasteiger partial charge in [-0.1, -0.05) is 6.92 Å². The number of carbonyl (C=O) groups excluding carboxylic acids is 2. The molecule has 0 unspecified atom stereocenters. The molecule has 24 heavy (non-hydrogen) atoms. The van der Waals surface area contributed by atoms with Gasteiger partial charge >= 0.3 is 5.97 Å². The highest BCUT2D eigenvalue weighted by molar-refractivity contribution is 6.00. The van der Waals surface area contributed by atoms with Crippen molar-refractivity contribution in [1.29, 1.82) is 0 Å². The summed E-state index contributed by atoms with van der Waals surface area (Å²) in [6.07, 6.45) is 0.616. The van der Waals surface area contributed by atoms with Crippen molar-refractivity contribution in [1.82, 2.24) is 4.90 Å². The Morgan fingerprint density at radius 2 is 1.88 bits per heavy atom. The molecule has 0 heterocycles. The van der Waals surface area contributed by atoms with Crippen LogP contribution in [0.4, 0.5) is 5.69 Å². The summed E-state index contributed by atoms with van der Waals surface area (Å²) in [4.78, 5) is 36.2. The molecule has 0 spiro atoms. The van der Waals surface area contributed by atoms with E-state index in [1.807, 2.05) is 6.92 Å². The summed E-state index contributed by atoms with van der Waals surface area (Å²) >= 11 is 0. The van der Waals surface area contributed by atoms with Gasteiger partial charge in [0.25, 0.3) is 5.91 Å². The fourth-order valence-corrected chi connectivity index (χ4v) is 2.24. The maximum atomic E-state index is 12.6. The summed E-state index contributed by atoms with van der Waals surface area (Å²) in [6, 6.07) is 2.90. The van der Waals surface area contributed by atoms with Gasteiger partial charge in [-0.15, -0.1) is 0 Å². The fraction of sp³-hybridized carbons (Fsp3) is 0.438. The van der Waals surface area contributed by atoms with Crippen molar-refractivity contribution in [2.75, 3.05) is 32.6 Å². The van der Waals surface area contributed by atoms with E-state index in [0.29, 0.717) is 13.0 Å². The Balaban J connectivity index is 3.32. The van der Waals surface area contributed by atoms with Crippen LogP contribution in [0, 0.1) is 0 Å². The average molecular weight is 338 g/mol. The van der Waals surface area contributed by atoms with Gasteiger partial charge in [0.2, 0.25) is 5.91 Å². The number of aliphatic carboxylic acids is 1. The quantitative estimate of drug-likeness (QED) is 0.746. The molecule has 0 radical (unpaired) electrons. The van der Waals surface area contributed by atoms with Crippen molar-refractivity contribution < 1.29 is 29.0 Å². The molecule has 0 aliphatic heterocycles. The van der Waals surface area contributed by atoms with Gasteiger partial charge in [-0.3, -0.25) is 14.4 Å². The SMILES string of the molecule is CCCN(CC(=O)O)C(=O)c1cc(NC(C)=O)c(OC)c(OC)c1. The zero-order chi connectivity index (χ0) is 18.3. The highest BCUT2D eigenvalue weighted by atomic mass is 16.5. The molecule has 0 aliphatic rings. The van der Waals surface area contributed by atoms with E-state index >= 15 is 0 Å². The number of carboxylic acid groups (broad SMARTS) is 1. The van der Waals surface area contributed by atoms with Crippen LogP contribution < -0.4 is 14.8 Å². The fourth-order valence-electron chi connectivity index (χ4n) is 2.24.